The second kappa shape index (κ2) is 7.71. The van der Waals surface area contributed by atoms with Crippen LogP contribution in [0, 0.1) is 11.3 Å². The molecule has 0 aliphatic carbocycles. The zero-order valence-corrected chi connectivity index (χ0v) is 10.7. The van der Waals surface area contributed by atoms with Gasteiger partial charge in [-0.25, -0.2) is 4.79 Å². The summed E-state index contributed by atoms with van der Waals surface area (Å²) in [4.78, 5) is 22.8. The molecule has 19 heavy (non-hydrogen) atoms. The fraction of sp³-hybridized carbons (Fsp3) is 0.308. The monoisotopic (exact) mass is 260 g/mol. The summed E-state index contributed by atoms with van der Waals surface area (Å²) in [5.74, 6) is -0.245. The van der Waals surface area contributed by atoms with Crippen molar-refractivity contribution in [3.63, 3.8) is 0 Å². The predicted molar refractivity (Wildman–Crippen MR) is 71.5 cm³/mol. The third kappa shape index (κ3) is 5.08. The van der Waals surface area contributed by atoms with Crippen molar-refractivity contribution in [2.45, 2.75) is 13.3 Å². The van der Waals surface area contributed by atoms with E-state index >= 15 is 0 Å². The van der Waals surface area contributed by atoms with E-state index in [4.69, 9.17) is 5.26 Å². The normalized spacial score (nSPS) is 9.26. The first-order chi connectivity index (χ1) is 9.17. The van der Waals surface area contributed by atoms with Gasteiger partial charge in [0.05, 0.1) is 17.8 Å². The molecule has 6 heteroatoms. The largest absolute Gasteiger partial charge is 0.355 e. The van der Waals surface area contributed by atoms with Crippen molar-refractivity contribution in [3.05, 3.63) is 29.8 Å². The second-order valence-corrected chi connectivity index (χ2v) is 3.82. The number of carbonyl (C=O) groups excluding carboxylic acids is 2. The summed E-state index contributed by atoms with van der Waals surface area (Å²) in [6.45, 7) is 2.43. The van der Waals surface area contributed by atoms with Crippen LogP contribution in [0.3, 0.4) is 0 Å². The summed E-state index contributed by atoms with van der Waals surface area (Å²) < 4.78 is 0. The van der Waals surface area contributed by atoms with Gasteiger partial charge >= 0.3 is 6.03 Å². The van der Waals surface area contributed by atoms with Crippen molar-refractivity contribution in [2.75, 3.05) is 18.4 Å². The van der Waals surface area contributed by atoms with Crippen molar-refractivity contribution in [1.29, 1.82) is 5.26 Å². The van der Waals surface area contributed by atoms with Gasteiger partial charge in [0, 0.05) is 6.54 Å². The number of para-hydroxylation sites is 1. The molecule has 6 nitrogen and oxygen atoms in total. The lowest BCUT2D eigenvalue weighted by atomic mass is 10.2. The van der Waals surface area contributed by atoms with Crippen LogP contribution >= 0.6 is 0 Å². The highest BCUT2D eigenvalue weighted by Crippen LogP contribution is 2.12. The summed E-state index contributed by atoms with van der Waals surface area (Å²) >= 11 is 0. The molecule has 0 unspecified atom stereocenters. The highest BCUT2D eigenvalue weighted by Gasteiger charge is 2.07. The third-order valence-electron chi connectivity index (χ3n) is 2.28. The van der Waals surface area contributed by atoms with Crippen LogP contribution < -0.4 is 16.0 Å². The molecule has 0 heterocycles. The lowest BCUT2D eigenvalue weighted by Crippen LogP contribution is -2.39. The molecule has 0 saturated heterocycles. The van der Waals surface area contributed by atoms with Gasteiger partial charge in [0.15, 0.2) is 0 Å². The standard InChI is InChI=1S/C13H16N4O2/c1-2-7-15-12(18)9-16-13(19)17-11-6-4-3-5-10(11)8-14/h3-6H,2,7,9H2,1H3,(H,15,18)(H2,16,17,19). The Morgan fingerprint density at radius 1 is 1.26 bits per heavy atom. The van der Waals surface area contributed by atoms with Crippen LogP contribution in [0.2, 0.25) is 0 Å². The minimum atomic E-state index is -0.519. The minimum Gasteiger partial charge on any atom is -0.355 e. The molecule has 1 aromatic rings. The van der Waals surface area contributed by atoms with Crippen LogP contribution in [0.1, 0.15) is 18.9 Å². The number of urea groups is 1. The van der Waals surface area contributed by atoms with E-state index in [9.17, 15) is 9.59 Å². The molecule has 0 aliphatic rings. The molecule has 0 aliphatic heterocycles. The summed E-state index contributed by atoms with van der Waals surface area (Å²) in [6.07, 6.45) is 0.841. The Bertz CT molecular complexity index is 494. The van der Waals surface area contributed by atoms with Gasteiger partial charge in [-0.15, -0.1) is 0 Å². The van der Waals surface area contributed by atoms with Crippen molar-refractivity contribution >= 4 is 17.6 Å². The van der Waals surface area contributed by atoms with Crippen molar-refractivity contribution in [3.8, 4) is 6.07 Å². The van der Waals surface area contributed by atoms with Gasteiger partial charge < -0.3 is 16.0 Å². The van der Waals surface area contributed by atoms with E-state index in [-0.39, 0.29) is 12.5 Å². The Morgan fingerprint density at radius 2 is 2.00 bits per heavy atom. The fourth-order valence-electron chi connectivity index (χ4n) is 1.34. The first kappa shape index (κ1) is 14.5. The molecule has 0 fully saturated rings. The molecule has 0 spiro atoms. The Morgan fingerprint density at radius 3 is 2.68 bits per heavy atom. The fourth-order valence-corrected chi connectivity index (χ4v) is 1.34. The third-order valence-corrected chi connectivity index (χ3v) is 2.28. The van der Waals surface area contributed by atoms with Crippen molar-refractivity contribution in [1.82, 2.24) is 10.6 Å². The van der Waals surface area contributed by atoms with E-state index in [2.05, 4.69) is 16.0 Å². The second-order valence-electron chi connectivity index (χ2n) is 3.82. The van der Waals surface area contributed by atoms with E-state index in [0.717, 1.165) is 6.42 Å². The maximum absolute atomic E-state index is 11.5. The number of nitrogens with one attached hydrogen (secondary N) is 3. The summed E-state index contributed by atoms with van der Waals surface area (Å²) in [5.41, 5.74) is 0.782. The molecule has 0 bridgehead atoms. The van der Waals surface area contributed by atoms with Crippen molar-refractivity contribution in [2.24, 2.45) is 0 Å². The molecule has 0 radical (unpaired) electrons. The minimum absolute atomic E-state index is 0.0967. The lowest BCUT2D eigenvalue weighted by molar-refractivity contribution is -0.120. The number of hydrogen-bond donors (Lipinski definition) is 3. The van der Waals surface area contributed by atoms with E-state index in [1.165, 1.54) is 0 Å². The van der Waals surface area contributed by atoms with Crippen LogP contribution in [0.15, 0.2) is 24.3 Å². The quantitative estimate of drug-likeness (QED) is 0.742. The Balaban J connectivity index is 2.43. The Hall–Kier alpha value is -2.55. The number of nitriles is 1. The maximum Gasteiger partial charge on any atom is 0.319 e. The first-order valence-electron chi connectivity index (χ1n) is 5.98. The van der Waals surface area contributed by atoms with Gasteiger partial charge in [-0.05, 0) is 18.6 Å². The van der Waals surface area contributed by atoms with Gasteiger partial charge in [0.2, 0.25) is 5.91 Å². The average Bonchev–Trinajstić information content (AvgIpc) is 2.43. The van der Waals surface area contributed by atoms with Gasteiger partial charge in [0.1, 0.15) is 6.07 Å². The van der Waals surface area contributed by atoms with E-state index in [1.54, 1.807) is 24.3 Å². The van der Waals surface area contributed by atoms with Crippen LogP contribution in [0.5, 0.6) is 0 Å². The SMILES string of the molecule is CCCNC(=O)CNC(=O)Nc1ccccc1C#N. The Labute approximate surface area is 111 Å². The zero-order valence-electron chi connectivity index (χ0n) is 10.7. The van der Waals surface area contributed by atoms with Crippen LogP contribution in [0.4, 0.5) is 10.5 Å². The van der Waals surface area contributed by atoms with Crippen LogP contribution in [-0.4, -0.2) is 25.0 Å². The average molecular weight is 260 g/mol. The summed E-state index contributed by atoms with van der Waals surface area (Å²) in [7, 11) is 0. The molecular weight excluding hydrogens is 244 g/mol. The van der Waals surface area contributed by atoms with Gasteiger partial charge in [0.25, 0.3) is 0 Å². The molecule has 0 saturated carbocycles. The summed E-state index contributed by atoms with van der Waals surface area (Å²) in [5, 5.41) is 16.4. The number of nitrogens with zero attached hydrogens (tertiary/aromatic N) is 1. The molecule has 0 atom stereocenters. The summed E-state index contributed by atoms with van der Waals surface area (Å²) in [6, 6.07) is 8.09. The highest BCUT2D eigenvalue weighted by molar-refractivity contribution is 5.93. The smallest absolute Gasteiger partial charge is 0.319 e. The molecule has 1 aromatic carbocycles. The van der Waals surface area contributed by atoms with E-state index < -0.39 is 6.03 Å². The number of carbonyl (C=O) groups is 2. The number of anilines is 1. The Kier molecular flexibility index (Phi) is 5.89. The van der Waals surface area contributed by atoms with Crippen LogP contribution in [-0.2, 0) is 4.79 Å². The van der Waals surface area contributed by atoms with Crippen molar-refractivity contribution < 1.29 is 9.59 Å². The van der Waals surface area contributed by atoms with Crippen LogP contribution in [0.25, 0.3) is 0 Å². The molecule has 3 N–H and O–H groups in total. The van der Waals surface area contributed by atoms with Gasteiger partial charge in [-0.1, -0.05) is 19.1 Å². The zero-order chi connectivity index (χ0) is 14.1. The predicted octanol–water partition coefficient (Wildman–Crippen LogP) is 1.21. The number of amides is 3. The van der Waals surface area contributed by atoms with Gasteiger partial charge in [-0.2, -0.15) is 5.26 Å². The highest BCUT2D eigenvalue weighted by atomic mass is 16.2. The number of hydrogen-bond acceptors (Lipinski definition) is 3. The lowest BCUT2D eigenvalue weighted by Gasteiger charge is -2.08. The molecule has 3 amide bonds. The molecular formula is C13H16N4O2. The number of rotatable bonds is 5. The molecule has 1 rings (SSSR count). The first-order valence-corrected chi connectivity index (χ1v) is 5.98. The van der Waals surface area contributed by atoms with E-state index in [0.29, 0.717) is 17.8 Å². The maximum atomic E-state index is 11.5. The topological polar surface area (TPSA) is 94.0 Å². The van der Waals surface area contributed by atoms with E-state index in [1.807, 2.05) is 13.0 Å². The molecule has 0 aromatic heterocycles. The van der Waals surface area contributed by atoms with Gasteiger partial charge in [-0.3, -0.25) is 4.79 Å². The molecule has 100 valence electrons. The number of benzene rings is 1.